The molecule has 1 aliphatic heterocycles. The number of rotatable bonds is 5. The van der Waals surface area contributed by atoms with E-state index in [1.54, 1.807) is 13.1 Å². The van der Waals surface area contributed by atoms with E-state index in [1.807, 2.05) is 18.2 Å². The number of carbonyl (C=O) groups is 1. The molecule has 0 radical (unpaired) electrons. The molecule has 22 heavy (non-hydrogen) atoms. The first kappa shape index (κ1) is 18.7. The Hall–Kier alpha value is -1.35. The number of hydrogen-bond donors (Lipinski definition) is 3. The zero-order chi connectivity index (χ0) is 15.1. The molecular weight excluding hydrogens is 395 g/mol. The van der Waals surface area contributed by atoms with Gasteiger partial charge in [-0.3, -0.25) is 9.79 Å². The van der Waals surface area contributed by atoms with Gasteiger partial charge < -0.3 is 21.1 Å². The van der Waals surface area contributed by atoms with Crippen molar-refractivity contribution >= 4 is 35.8 Å². The molecule has 1 unspecified atom stereocenters. The van der Waals surface area contributed by atoms with E-state index < -0.39 is 0 Å². The van der Waals surface area contributed by atoms with Crippen LogP contribution in [0.2, 0.25) is 0 Å². The molecule has 0 saturated carbocycles. The lowest BCUT2D eigenvalue weighted by Gasteiger charge is -2.11. The number of amides is 1. The Morgan fingerprint density at radius 2 is 2.27 bits per heavy atom. The van der Waals surface area contributed by atoms with Gasteiger partial charge in [0.15, 0.2) is 5.96 Å². The fourth-order valence-electron chi connectivity index (χ4n) is 2.21. The summed E-state index contributed by atoms with van der Waals surface area (Å²) >= 11 is 0. The number of nitrogens with two attached hydrogens (primary N) is 1. The molecule has 6 nitrogen and oxygen atoms in total. The molecule has 1 atom stereocenters. The van der Waals surface area contributed by atoms with Crippen LogP contribution in [0.3, 0.4) is 0 Å². The van der Waals surface area contributed by atoms with Gasteiger partial charge in [0.1, 0.15) is 0 Å². The molecule has 1 saturated heterocycles. The van der Waals surface area contributed by atoms with Crippen LogP contribution in [0, 0.1) is 0 Å². The van der Waals surface area contributed by atoms with Crippen LogP contribution in [0.4, 0.5) is 0 Å². The van der Waals surface area contributed by atoms with Gasteiger partial charge in [0, 0.05) is 32.3 Å². The van der Waals surface area contributed by atoms with Crippen molar-refractivity contribution in [1.29, 1.82) is 0 Å². The highest BCUT2D eigenvalue weighted by atomic mass is 127. The molecular formula is C15H23IN4O2. The van der Waals surface area contributed by atoms with E-state index >= 15 is 0 Å². The van der Waals surface area contributed by atoms with Crippen molar-refractivity contribution in [3.05, 3.63) is 35.4 Å². The average Bonchev–Trinajstić information content (AvgIpc) is 3.04. The first-order valence-corrected chi connectivity index (χ1v) is 7.14. The molecule has 0 spiro atoms. The average molecular weight is 418 g/mol. The highest BCUT2D eigenvalue weighted by Gasteiger charge is 2.16. The van der Waals surface area contributed by atoms with E-state index in [2.05, 4.69) is 15.6 Å². The van der Waals surface area contributed by atoms with Gasteiger partial charge in [-0.15, -0.1) is 24.0 Å². The summed E-state index contributed by atoms with van der Waals surface area (Å²) in [6, 6.07) is 7.44. The van der Waals surface area contributed by atoms with Crippen LogP contribution in [-0.2, 0) is 11.3 Å². The summed E-state index contributed by atoms with van der Waals surface area (Å²) in [5.74, 6) is 0.299. The molecule has 1 amide bonds. The molecule has 1 aromatic rings. The van der Waals surface area contributed by atoms with E-state index in [4.69, 9.17) is 10.5 Å². The summed E-state index contributed by atoms with van der Waals surface area (Å²) in [5.41, 5.74) is 7.20. The summed E-state index contributed by atoms with van der Waals surface area (Å²) in [5, 5.41) is 5.88. The summed E-state index contributed by atoms with van der Waals surface area (Å²) < 4.78 is 5.49. The van der Waals surface area contributed by atoms with Crippen molar-refractivity contribution < 1.29 is 9.53 Å². The van der Waals surface area contributed by atoms with Gasteiger partial charge in [0.25, 0.3) is 5.91 Å². The minimum Gasteiger partial charge on any atom is -0.376 e. The van der Waals surface area contributed by atoms with Gasteiger partial charge >= 0.3 is 0 Å². The fraction of sp³-hybridized carbons (Fsp3) is 0.467. The predicted octanol–water partition coefficient (Wildman–Crippen LogP) is 1.25. The summed E-state index contributed by atoms with van der Waals surface area (Å²) in [4.78, 5) is 15.9. The van der Waals surface area contributed by atoms with Crippen molar-refractivity contribution in [1.82, 2.24) is 10.6 Å². The van der Waals surface area contributed by atoms with Gasteiger partial charge in [0.05, 0.1) is 6.10 Å². The Morgan fingerprint density at radius 1 is 1.45 bits per heavy atom. The normalized spacial score (nSPS) is 17.7. The third-order valence-corrected chi connectivity index (χ3v) is 3.42. The van der Waals surface area contributed by atoms with E-state index in [0.29, 0.717) is 24.6 Å². The van der Waals surface area contributed by atoms with E-state index in [9.17, 15) is 4.79 Å². The Labute approximate surface area is 147 Å². The molecule has 1 aromatic carbocycles. The maximum absolute atomic E-state index is 12.1. The summed E-state index contributed by atoms with van der Waals surface area (Å²) in [6.45, 7) is 1.90. The molecule has 0 aliphatic carbocycles. The maximum atomic E-state index is 12.1. The summed E-state index contributed by atoms with van der Waals surface area (Å²) in [6.07, 6.45) is 2.24. The predicted molar refractivity (Wildman–Crippen MR) is 97.6 cm³/mol. The van der Waals surface area contributed by atoms with Gasteiger partial charge in [-0.05, 0) is 30.5 Å². The van der Waals surface area contributed by atoms with Crippen molar-refractivity contribution in [2.45, 2.75) is 25.5 Å². The topological polar surface area (TPSA) is 88.7 Å². The molecule has 1 heterocycles. The second-order valence-corrected chi connectivity index (χ2v) is 5.01. The lowest BCUT2D eigenvalue weighted by molar-refractivity contribution is 0.0857. The maximum Gasteiger partial charge on any atom is 0.251 e. The minimum absolute atomic E-state index is 0. The number of ether oxygens (including phenoxy) is 1. The molecule has 4 N–H and O–H groups in total. The number of halogens is 1. The third kappa shape index (κ3) is 5.80. The van der Waals surface area contributed by atoms with Crippen molar-refractivity contribution in [3.8, 4) is 0 Å². The third-order valence-electron chi connectivity index (χ3n) is 3.42. The number of aliphatic imine (C=N–C) groups is 1. The van der Waals surface area contributed by atoms with Crippen molar-refractivity contribution in [2.24, 2.45) is 10.7 Å². The van der Waals surface area contributed by atoms with Gasteiger partial charge in [-0.25, -0.2) is 0 Å². The highest BCUT2D eigenvalue weighted by Crippen LogP contribution is 2.11. The van der Waals surface area contributed by atoms with Crippen LogP contribution in [0.1, 0.15) is 28.8 Å². The largest absolute Gasteiger partial charge is 0.376 e. The monoisotopic (exact) mass is 418 g/mol. The summed E-state index contributed by atoms with van der Waals surface area (Å²) in [7, 11) is 1.62. The molecule has 1 aliphatic rings. The molecule has 0 bridgehead atoms. The molecule has 7 heteroatoms. The second-order valence-electron chi connectivity index (χ2n) is 5.01. The SMILES string of the molecule is CN=C(N)NCc1cccc(C(=O)NCC2CCCO2)c1.I. The Morgan fingerprint density at radius 3 is 2.95 bits per heavy atom. The number of nitrogens with zero attached hydrogens (tertiary/aromatic N) is 1. The highest BCUT2D eigenvalue weighted by molar-refractivity contribution is 14.0. The van der Waals surface area contributed by atoms with Crippen molar-refractivity contribution in [2.75, 3.05) is 20.2 Å². The van der Waals surface area contributed by atoms with E-state index in [1.165, 1.54) is 0 Å². The lowest BCUT2D eigenvalue weighted by atomic mass is 10.1. The van der Waals surface area contributed by atoms with Crippen LogP contribution in [0.25, 0.3) is 0 Å². The van der Waals surface area contributed by atoms with Crippen LogP contribution in [0.5, 0.6) is 0 Å². The van der Waals surface area contributed by atoms with Crippen molar-refractivity contribution in [3.63, 3.8) is 0 Å². The minimum atomic E-state index is -0.0792. The number of hydrogen-bond acceptors (Lipinski definition) is 3. The van der Waals surface area contributed by atoms with Crippen LogP contribution >= 0.6 is 24.0 Å². The first-order valence-electron chi connectivity index (χ1n) is 7.14. The lowest BCUT2D eigenvalue weighted by Crippen LogP contribution is -2.32. The van der Waals surface area contributed by atoms with Gasteiger partial charge in [0.2, 0.25) is 0 Å². The molecule has 0 aromatic heterocycles. The number of guanidine groups is 1. The van der Waals surface area contributed by atoms with Gasteiger partial charge in [-0.1, -0.05) is 12.1 Å². The number of carbonyl (C=O) groups excluding carboxylic acids is 1. The number of benzene rings is 1. The Bertz CT molecular complexity index is 516. The zero-order valence-electron chi connectivity index (χ0n) is 12.7. The van der Waals surface area contributed by atoms with Crippen LogP contribution in [-0.4, -0.2) is 38.2 Å². The second kappa shape index (κ2) is 9.62. The quantitative estimate of drug-likeness (QED) is 0.382. The molecule has 122 valence electrons. The van der Waals surface area contributed by atoms with E-state index in [0.717, 1.165) is 25.0 Å². The standard InChI is InChI=1S/C15H22N4O2.HI/c1-17-15(16)19-9-11-4-2-5-12(8-11)14(20)18-10-13-6-3-7-21-13;/h2,4-5,8,13H,3,6-7,9-10H2,1H3,(H,18,20)(H3,16,17,19);1H. The fourth-order valence-corrected chi connectivity index (χ4v) is 2.21. The van der Waals surface area contributed by atoms with Gasteiger partial charge in [-0.2, -0.15) is 0 Å². The Balaban J connectivity index is 0.00000242. The Kier molecular flexibility index (Phi) is 8.18. The van der Waals surface area contributed by atoms with E-state index in [-0.39, 0.29) is 36.0 Å². The van der Waals surface area contributed by atoms with Crippen LogP contribution < -0.4 is 16.4 Å². The number of nitrogens with one attached hydrogen (secondary N) is 2. The smallest absolute Gasteiger partial charge is 0.251 e. The molecule has 2 rings (SSSR count). The molecule has 1 fully saturated rings. The first-order chi connectivity index (χ1) is 10.2. The zero-order valence-corrected chi connectivity index (χ0v) is 15.0. The van der Waals surface area contributed by atoms with Crippen LogP contribution in [0.15, 0.2) is 29.3 Å².